The molecular formula is C21H22Cl2N2O. The van der Waals surface area contributed by atoms with Crippen molar-refractivity contribution in [2.24, 2.45) is 7.05 Å². The molecule has 0 aliphatic carbocycles. The van der Waals surface area contributed by atoms with Crippen LogP contribution in [0.2, 0.25) is 10.0 Å². The van der Waals surface area contributed by atoms with Gasteiger partial charge in [0.25, 0.3) is 5.91 Å². The Morgan fingerprint density at radius 2 is 1.92 bits per heavy atom. The van der Waals surface area contributed by atoms with Gasteiger partial charge in [0, 0.05) is 34.0 Å². The van der Waals surface area contributed by atoms with E-state index in [1.54, 1.807) is 0 Å². The summed E-state index contributed by atoms with van der Waals surface area (Å²) in [5, 5.41) is 5.56. The number of carbonyl (C=O) groups is 1. The van der Waals surface area contributed by atoms with Crippen molar-refractivity contribution in [2.45, 2.75) is 32.7 Å². The molecule has 0 saturated carbocycles. The van der Waals surface area contributed by atoms with E-state index in [4.69, 9.17) is 23.2 Å². The molecule has 5 heteroatoms. The van der Waals surface area contributed by atoms with Crippen molar-refractivity contribution in [3.05, 3.63) is 69.3 Å². The summed E-state index contributed by atoms with van der Waals surface area (Å²) < 4.78 is 1.93. The largest absolute Gasteiger partial charge is 0.348 e. The fourth-order valence-electron chi connectivity index (χ4n) is 3.36. The Kier molecular flexibility index (Phi) is 5.59. The minimum Gasteiger partial charge on any atom is -0.348 e. The van der Waals surface area contributed by atoms with Crippen molar-refractivity contribution in [1.82, 2.24) is 9.88 Å². The first-order chi connectivity index (χ1) is 12.4. The SMILES string of the molecule is Cc1c(C(=O)N[C@H](C)CCc2ccccc2Cl)n(C)c2ccc(Cl)cc12. The summed E-state index contributed by atoms with van der Waals surface area (Å²) >= 11 is 12.3. The molecule has 0 spiro atoms. The van der Waals surface area contributed by atoms with Crippen LogP contribution >= 0.6 is 23.2 Å². The van der Waals surface area contributed by atoms with Crippen LogP contribution in [-0.2, 0) is 13.5 Å². The average Bonchev–Trinajstić information content (AvgIpc) is 2.84. The number of nitrogens with zero attached hydrogens (tertiary/aromatic N) is 1. The molecule has 0 aliphatic heterocycles. The first-order valence-corrected chi connectivity index (χ1v) is 9.43. The van der Waals surface area contributed by atoms with Gasteiger partial charge in [-0.2, -0.15) is 0 Å². The van der Waals surface area contributed by atoms with E-state index >= 15 is 0 Å². The van der Waals surface area contributed by atoms with Crippen molar-refractivity contribution in [1.29, 1.82) is 0 Å². The van der Waals surface area contributed by atoms with E-state index in [0.29, 0.717) is 10.7 Å². The molecule has 2 aromatic carbocycles. The van der Waals surface area contributed by atoms with Gasteiger partial charge in [-0.05, 0) is 62.1 Å². The lowest BCUT2D eigenvalue weighted by Gasteiger charge is -2.15. The second kappa shape index (κ2) is 7.73. The molecule has 1 aromatic heterocycles. The molecule has 3 aromatic rings. The monoisotopic (exact) mass is 388 g/mol. The Morgan fingerprint density at radius 1 is 1.19 bits per heavy atom. The van der Waals surface area contributed by atoms with E-state index in [1.807, 2.05) is 67.9 Å². The lowest BCUT2D eigenvalue weighted by Crippen LogP contribution is -2.34. The molecule has 136 valence electrons. The van der Waals surface area contributed by atoms with Gasteiger partial charge in [0.2, 0.25) is 0 Å². The molecule has 0 unspecified atom stereocenters. The highest BCUT2D eigenvalue weighted by atomic mass is 35.5. The number of hydrogen-bond donors (Lipinski definition) is 1. The highest BCUT2D eigenvalue weighted by Crippen LogP contribution is 2.27. The number of amides is 1. The van der Waals surface area contributed by atoms with Crippen LogP contribution in [0, 0.1) is 6.92 Å². The molecule has 1 N–H and O–H groups in total. The molecule has 0 radical (unpaired) electrons. The van der Waals surface area contributed by atoms with Crippen molar-refractivity contribution < 1.29 is 4.79 Å². The quantitative estimate of drug-likeness (QED) is 0.610. The van der Waals surface area contributed by atoms with Gasteiger partial charge < -0.3 is 9.88 Å². The normalized spacial score (nSPS) is 12.3. The maximum atomic E-state index is 12.8. The number of fused-ring (bicyclic) bond motifs is 1. The molecule has 0 bridgehead atoms. The minimum absolute atomic E-state index is 0.0415. The molecule has 1 atom stereocenters. The molecule has 1 amide bonds. The summed E-state index contributed by atoms with van der Waals surface area (Å²) in [4.78, 5) is 12.8. The fraction of sp³-hybridized carbons (Fsp3) is 0.286. The predicted molar refractivity (Wildman–Crippen MR) is 109 cm³/mol. The molecule has 1 heterocycles. The summed E-state index contributed by atoms with van der Waals surface area (Å²) in [5.74, 6) is -0.0658. The Balaban J connectivity index is 1.74. The van der Waals surface area contributed by atoms with Crippen LogP contribution in [0.1, 0.15) is 35.0 Å². The Morgan fingerprint density at radius 3 is 2.65 bits per heavy atom. The second-order valence-corrected chi connectivity index (χ2v) is 7.54. The number of aromatic nitrogens is 1. The van der Waals surface area contributed by atoms with Crippen molar-refractivity contribution in [2.75, 3.05) is 0 Å². The van der Waals surface area contributed by atoms with Gasteiger partial charge in [0.05, 0.1) is 0 Å². The zero-order chi connectivity index (χ0) is 18.8. The van der Waals surface area contributed by atoms with E-state index in [9.17, 15) is 4.79 Å². The van der Waals surface area contributed by atoms with Gasteiger partial charge in [-0.25, -0.2) is 0 Å². The average molecular weight is 389 g/mol. The Labute approximate surface area is 163 Å². The zero-order valence-corrected chi connectivity index (χ0v) is 16.7. The van der Waals surface area contributed by atoms with Crippen LogP contribution in [0.5, 0.6) is 0 Å². The van der Waals surface area contributed by atoms with E-state index in [0.717, 1.165) is 39.9 Å². The second-order valence-electron chi connectivity index (χ2n) is 6.70. The minimum atomic E-state index is -0.0658. The third-order valence-corrected chi connectivity index (χ3v) is 5.42. The summed E-state index contributed by atoms with van der Waals surface area (Å²) in [6.45, 7) is 3.98. The van der Waals surface area contributed by atoms with Gasteiger partial charge >= 0.3 is 0 Å². The van der Waals surface area contributed by atoms with Crippen LogP contribution < -0.4 is 5.32 Å². The third-order valence-electron chi connectivity index (χ3n) is 4.81. The van der Waals surface area contributed by atoms with E-state index in [2.05, 4.69) is 5.32 Å². The van der Waals surface area contributed by atoms with Crippen LogP contribution in [0.4, 0.5) is 0 Å². The molecule has 0 saturated heterocycles. The summed E-state index contributed by atoms with van der Waals surface area (Å²) in [6, 6.07) is 13.6. The number of hydrogen-bond acceptors (Lipinski definition) is 1. The lowest BCUT2D eigenvalue weighted by molar-refractivity contribution is 0.0930. The number of halogens is 2. The van der Waals surface area contributed by atoms with Crippen molar-refractivity contribution >= 4 is 40.0 Å². The molecular weight excluding hydrogens is 367 g/mol. The van der Waals surface area contributed by atoms with E-state index in [-0.39, 0.29) is 11.9 Å². The summed E-state index contributed by atoms with van der Waals surface area (Å²) in [6.07, 6.45) is 1.65. The standard InChI is InChI=1S/C21H22Cl2N2O/c1-13(8-9-15-6-4-5-7-18(15)23)24-21(26)20-14(2)17-12-16(22)10-11-19(17)25(20)3/h4-7,10-13H,8-9H2,1-3H3,(H,24,26)/t13-/m1/s1. The maximum absolute atomic E-state index is 12.8. The molecule has 3 rings (SSSR count). The smallest absolute Gasteiger partial charge is 0.268 e. The zero-order valence-electron chi connectivity index (χ0n) is 15.1. The number of aryl methyl sites for hydroxylation is 3. The molecule has 26 heavy (non-hydrogen) atoms. The van der Waals surface area contributed by atoms with Gasteiger partial charge in [0.1, 0.15) is 5.69 Å². The van der Waals surface area contributed by atoms with Crippen LogP contribution in [0.3, 0.4) is 0 Å². The van der Waals surface area contributed by atoms with Gasteiger partial charge in [-0.15, -0.1) is 0 Å². The molecule has 0 fully saturated rings. The van der Waals surface area contributed by atoms with E-state index in [1.165, 1.54) is 0 Å². The number of nitrogens with one attached hydrogen (secondary N) is 1. The summed E-state index contributed by atoms with van der Waals surface area (Å²) in [5.41, 5.74) is 3.72. The van der Waals surface area contributed by atoms with Gasteiger partial charge in [-0.1, -0.05) is 41.4 Å². The van der Waals surface area contributed by atoms with E-state index < -0.39 is 0 Å². The predicted octanol–water partition coefficient (Wildman–Crippen LogP) is 5.54. The first-order valence-electron chi connectivity index (χ1n) is 8.67. The highest BCUT2D eigenvalue weighted by Gasteiger charge is 2.20. The maximum Gasteiger partial charge on any atom is 0.268 e. The fourth-order valence-corrected chi connectivity index (χ4v) is 3.76. The van der Waals surface area contributed by atoms with Crippen molar-refractivity contribution in [3.8, 4) is 0 Å². The Bertz CT molecular complexity index is 962. The van der Waals surface area contributed by atoms with Crippen LogP contribution in [-0.4, -0.2) is 16.5 Å². The lowest BCUT2D eigenvalue weighted by atomic mass is 10.1. The first kappa shape index (κ1) is 18.8. The Hall–Kier alpha value is -1.97. The number of rotatable bonds is 5. The van der Waals surface area contributed by atoms with Crippen molar-refractivity contribution in [3.63, 3.8) is 0 Å². The highest BCUT2D eigenvalue weighted by molar-refractivity contribution is 6.31. The molecule has 0 aliphatic rings. The van der Waals surface area contributed by atoms with Crippen LogP contribution in [0.15, 0.2) is 42.5 Å². The van der Waals surface area contributed by atoms with Crippen LogP contribution in [0.25, 0.3) is 10.9 Å². The number of carbonyl (C=O) groups excluding carboxylic acids is 1. The van der Waals surface area contributed by atoms with Gasteiger partial charge in [0.15, 0.2) is 0 Å². The van der Waals surface area contributed by atoms with Gasteiger partial charge in [-0.3, -0.25) is 4.79 Å². The third kappa shape index (κ3) is 3.74. The number of benzene rings is 2. The summed E-state index contributed by atoms with van der Waals surface area (Å²) in [7, 11) is 1.91. The topological polar surface area (TPSA) is 34.0 Å². The molecule has 3 nitrogen and oxygen atoms in total.